The largest absolute Gasteiger partial charge is 0.448 e. The van der Waals surface area contributed by atoms with E-state index >= 15 is 0 Å². The summed E-state index contributed by atoms with van der Waals surface area (Å²) in [6.45, 7) is 13.2. The molecule has 22 nitrogen and oxygen atoms in total. The Labute approximate surface area is 487 Å². The molecule has 6 atom stereocenters. The molecule has 0 saturated carbocycles. The van der Waals surface area contributed by atoms with Crippen molar-refractivity contribution >= 4 is 81.0 Å². The predicted octanol–water partition coefficient (Wildman–Crippen LogP) is 6.59. The van der Waals surface area contributed by atoms with Crippen LogP contribution in [0.5, 0.6) is 0 Å². The normalized spacial score (nSPS) is 23.0. The van der Waals surface area contributed by atoms with Crippen molar-refractivity contribution in [3.63, 3.8) is 0 Å². The number of nitrogens with one attached hydrogen (secondary N) is 5. The fourth-order valence-corrected chi connectivity index (χ4v) is 10.5. The summed E-state index contributed by atoms with van der Waals surface area (Å²) in [6, 6.07) is 7.27. The maximum atomic E-state index is 14.1. The smallest absolute Gasteiger partial charge is 0.407 e. The molecule has 1 saturated heterocycles. The molecular formula is C58H74ClN11O11S. The Bertz CT molecular complexity index is 2980. The van der Waals surface area contributed by atoms with Gasteiger partial charge in [-0.15, -0.1) is 6.42 Å². The monoisotopic (exact) mass is 1170 g/mol. The quantitative estimate of drug-likeness (QED) is 0.0288. The number of allylic oxidation sites excluding steroid dienone is 4. The molecule has 8 N–H and O–H groups in total. The van der Waals surface area contributed by atoms with Crippen molar-refractivity contribution in [3.8, 4) is 12.3 Å². The van der Waals surface area contributed by atoms with Gasteiger partial charge in [0.25, 0.3) is 11.8 Å². The molecule has 82 heavy (non-hydrogen) atoms. The molecule has 3 aliphatic rings. The van der Waals surface area contributed by atoms with E-state index < -0.39 is 60.0 Å². The van der Waals surface area contributed by atoms with Crippen molar-refractivity contribution in [2.45, 2.75) is 97.6 Å². The highest BCUT2D eigenvalue weighted by molar-refractivity contribution is 7.17. The van der Waals surface area contributed by atoms with Gasteiger partial charge >= 0.3 is 12.2 Å². The second kappa shape index (κ2) is 31.1. The average Bonchev–Trinajstić information content (AvgIpc) is 3.99. The number of unbranched alkanes of at least 4 members (excludes halogenated alkanes) is 3. The van der Waals surface area contributed by atoms with E-state index in [9.17, 15) is 33.9 Å². The third kappa shape index (κ3) is 18.3. The van der Waals surface area contributed by atoms with Crippen molar-refractivity contribution in [1.29, 1.82) is 0 Å². The van der Waals surface area contributed by atoms with Gasteiger partial charge in [-0.2, -0.15) is 0 Å². The zero-order chi connectivity index (χ0) is 59.5. The van der Waals surface area contributed by atoms with E-state index in [1.54, 1.807) is 25.1 Å². The molecule has 4 heterocycles. The van der Waals surface area contributed by atoms with Gasteiger partial charge in [0.2, 0.25) is 11.6 Å². The van der Waals surface area contributed by atoms with Crippen molar-refractivity contribution in [2.24, 2.45) is 17.6 Å². The zero-order valence-electron chi connectivity index (χ0n) is 47.3. The van der Waals surface area contributed by atoms with E-state index in [1.165, 1.54) is 50.8 Å². The number of aliphatic hydroxyl groups excluding tert-OH is 1. The molecule has 2 bridgehead atoms. The lowest BCUT2D eigenvalue weighted by Gasteiger charge is -2.35. The number of hydrogen-bond donors (Lipinski definition) is 7. The van der Waals surface area contributed by atoms with E-state index in [1.807, 2.05) is 39.0 Å². The summed E-state index contributed by atoms with van der Waals surface area (Å²) < 4.78 is 22.2. The number of terminal acetylenes is 1. The molecular weight excluding hydrogens is 1090 g/mol. The summed E-state index contributed by atoms with van der Waals surface area (Å²) in [7, 11) is 2.83. The van der Waals surface area contributed by atoms with Crippen LogP contribution in [0.4, 0.5) is 32.0 Å². The molecule has 1 aromatic carbocycles. The van der Waals surface area contributed by atoms with Crippen LogP contribution in [0.3, 0.4) is 0 Å². The molecule has 2 aliphatic heterocycles. The Kier molecular flexibility index (Phi) is 24.2. The zero-order valence-corrected chi connectivity index (χ0v) is 48.9. The van der Waals surface area contributed by atoms with Gasteiger partial charge in [0.05, 0.1) is 46.4 Å². The van der Waals surface area contributed by atoms with Gasteiger partial charge < -0.3 is 61.3 Å². The number of aliphatic hydroxyl groups is 1. The number of alkyl carbamates (subject to hydrolysis) is 1. The minimum Gasteiger partial charge on any atom is -0.448 e. The molecule has 3 aromatic rings. The Balaban J connectivity index is 0.933. The van der Waals surface area contributed by atoms with Gasteiger partial charge in [0.15, 0.2) is 11.2 Å². The number of ketones is 2. The van der Waals surface area contributed by atoms with Crippen LogP contribution in [0.15, 0.2) is 89.0 Å². The van der Waals surface area contributed by atoms with Crippen LogP contribution in [-0.4, -0.2) is 152 Å². The average molecular weight is 1170 g/mol. The number of fused-ring (bicyclic) bond motifs is 2. The van der Waals surface area contributed by atoms with Crippen LogP contribution >= 0.6 is 22.9 Å². The van der Waals surface area contributed by atoms with Crippen LogP contribution in [0, 0.1) is 38.0 Å². The highest BCUT2D eigenvalue weighted by atomic mass is 35.5. The number of carbonyl (C=O) groups excluding carboxylic acids is 6. The molecule has 6 rings (SSSR count). The summed E-state index contributed by atoms with van der Waals surface area (Å²) in [5, 5.41) is 27.2. The van der Waals surface area contributed by atoms with Crippen molar-refractivity contribution in [2.75, 3.05) is 82.2 Å². The summed E-state index contributed by atoms with van der Waals surface area (Å²) in [5.74, 6) is 1.30. The highest BCUT2D eigenvalue weighted by Gasteiger charge is 2.34. The number of nitrogens with zero attached hydrogens (tertiary/aromatic N) is 5. The van der Waals surface area contributed by atoms with E-state index in [0.29, 0.717) is 83.5 Å². The highest BCUT2D eigenvalue weighted by Crippen LogP contribution is 2.31. The number of para-hydroxylation sites is 1. The molecule has 0 radical (unpaired) electrons. The van der Waals surface area contributed by atoms with Crippen LogP contribution < -0.4 is 37.2 Å². The molecule has 2 aromatic heterocycles. The number of amides is 4. The van der Waals surface area contributed by atoms with Crippen LogP contribution in [0.2, 0.25) is 5.02 Å². The number of aryl methyl sites for hydroxylation is 2. The molecule has 1 aliphatic carbocycles. The predicted molar refractivity (Wildman–Crippen MR) is 313 cm³/mol. The second-order valence-corrected chi connectivity index (χ2v) is 21.6. The Morgan fingerprint density at radius 1 is 1.01 bits per heavy atom. The van der Waals surface area contributed by atoms with Gasteiger partial charge in [0.1, 0.15) is 35.0 Å². The summed E-state index contributed by atoms with van der Waals surface area (Å²) in [4.78, 5) is 97.2. The van der Waals surface area contributed by atoms with Crippen molar-refractivity contribution in [1.82, 2.24) is 35.8 Å². The van der Waals surface area contributed by atoms with Crippen LogP contribution in [0.25, 0.3) is 0 Å². The van der Waals surface area contributed by atoms with Crippen molar-refractivity contribution in [3.05, 3.63) is 110 Å². The van der Waals surface area contributed by atoms with Gasteiger partial charge in [0, 0.05) is 83.3 Å². The number of Topliss-reactive ketones (excluding diaryl/α,β-unsaturated/α-hetero) is 1. The number of carbonyl (C=O) groups is 6. The first kappa shape index (κ1) is 63.7. The molecule has 0 spiro atoms. The topological polar surface area (TPSA) is 291 Å². The standard InChI is InChI=1S/C58H74ClN11O11S/c1-9-39-30-37(5)53(81-56(60)76)44(78-7)19-15-17-36(4)54(74)66-42-31-43(71)50(40(52(42)73)28-34(2)29-45(79-8)51(39)72)61-20-12-10-11-13-21-62-58(77)80-27-26-69-22-24-70(25-23-69)48-32-47(64-38(6)65-48)67-57-63-33-46(82-57)55(75)68-49-35(3)16-14-18-41(49)59/h1,14-19,30-34,39,44-45,51,53,61,72H,10-13,20-29H2,2-8H3,(H2,60,76)(H,62,77)(H,66,74)(H,68,75)(H,63,64,65,67)/b19-15-,36-17+,37-30+/t34-,39+,44+,45+,51+,53+/m1/s1. The maximum Gasteiger partial charge on any atom is 0.407 e. The second-order valence-electron chi connectivity index (χ2n) is 20.2. The van der Waals surface area contributed by atoms with Gasteiger partial charge in [-0.05, 0) is 76.5 Å². The Morgan fingerprint density at radius 3 is 2.45 bits per heavy atom. The first-order chi connectivity index (χ1) is 39.3. The maximum absolute atomic E-state index is 14.1. The lowest BCUT2D eigenvalue weighted by molar-refractivity contribution is -0.120. The number of methoxy groups -OCH3 is 2. The lowest BCUT2D eigenvalue weighted by atomic mass is 9.85. The van der Waals surface area contributed by atoms with Gasteiger partial charge in [-0.25, -0.2) is 24.5 Å². The number of halogens is 1. The van der Waals surface area contributed by atoms with E-state index in [0.717, 1.165) is 43.4 Å². The molecule has 24 heteroatoms. The van der Waals surface area contributed by atoms with Crippen LogP contribution in [0.1, 0.15) is 80.4 Å². The Morgan fingerprint density at radius 2 is 1.76 bits per heavy atom. The minimum atomic E-state index is -1.23. The molecule has 440 valence electrons. The SMILES string of the molecule is C#C[C@H]1/C=C(\C)[C@H](OC(N)=O)[C@@H](OC)/C=C\C=C(/C)C(=O)NC2=CC(=O)C(NCCCCCCNC(=O)OCCN3CCN(c4cc(Nc5ncc(C(=O)Nc6c(C)cccc6Cl)s5)nc(C)n4)CC3)=C(C[C@@H](C)C[C@H](OC)[C@H]1O)C2=O. The van der Waals surface area contributed by atoms with Gasteiger partial charge in [-0.1, -0.05) is 85.1 Å². The summed E-state index contributed by atoms with van der Waals surface area (Å²) in [6.07, 6.45) is 12.3. The first-order valence-corrected chi connectivity index (χ1v) is 28.3. The lowest BCUT2D eigenvalue weighted by Crippen LogP contribution is -2.47. The minimum absolute atomic E-state index is 0.0979. The summed E-state index contributed by atoms with van der Waals surface area (Å²) in [5.41, 5.74) is 7.59. The fourth-order valence-electron chi connectivity index (χ4n) is 9.50. The van der Waals surface area contributed by atoms with Crippen molar-refractivity contribution < 1.29 is 52.8 Å². The third-order valence-corrected chi connectivity index (χ3v) is 15.2. The molecule has 1 fully saturated rings. The van der Waals surface area contributed by atoms with Crippen LogP contribution in [-0.2, 0) is 33.3 Å². The molecule has 4 amide bonds. The summed E-state index contributed by atoms with van der Waals surface area (Å²) >= 11 is 7.50. The molecule has 0 unspecified atom stereocenters. The number of primary amides is 1. The number of ether oxygens (including phenoxy) is 4. The third-order valence-electron chi connectivity index (χ3n) is 14.0. The number of benzene rings is 1. The number of nitrogens with two attached hydrogens (primary N) is 1. The number of aromatic nitrogens is 3. The number of hydrogen-bond acceptors (Lipinski definition) is 19. The van der Waals surface area contributed by atoms with E-state index in [2.05, 4.69) is 57.3 Å². The van der Waals surface area contributed by atoms with E-state index in [-0.39, 0.29) is 53.8 Å². The number of piperazine rings is 1. The first-order valence-electron chi connectivity index (χ1n) is 27.1. The number of thiazole rings is 1. The Hall–Kier alpha value is -7.46. The fraction of sp³-hybridized carbons (Fsp3) is 0.466. The number of anilines is 4. The van der Waals surface area contributed by atoms with E-state index in [4.69, 9.17) is 42.7 Å². The van der Waals surface area contributed by atoms with Gasteiger partial charge in [-0.3, -0.25) is 24.1 Å². The number of rotatable bonds is 19.